The summed E-state index contributed by atoms with van der Waals surface area (Å²) in [5, 5.41) is 1.12. The molecule has 0 atom stereocenters. The second kappa shape index (κ2) is 3.96. The maximum absolute atomic E-state index is 10.2. The lowest BCUT2D eigenvalue weighted by Crippen LogP contribution is -2.09. The Morgan fingerprint density at radius 3 is 2.77 bits per heavy atom. The molecule has 0 saturated carbocycles. The summed E-state index contributed by atoms with van der Waals surface area (Å²) in [6, 6.07) is 9.80. The Morgan fingerprint density at radius 2 is 2.00 bits per heavy atom. The molecular formula is C9H9ClN2O. The van der Waals surface area contributed by atoms with Gasteiger partial charge < -0.3 is 0 Å². The van der Waals surface area contributed by atoms with Crippen molar-refractivity contribution in [2.45, 2.75) is 0 Å². The molecule has 0 fully saturated rings. The summed E-state index contributed by atoms with van der Waals surface area (Å²) in [6.07, 6.45) is 2.48. The number of carbonyl (C=O) groups is 1. The van der Waals surface area contributed by atoms with Gasteiger partial charge in [-0.15, -0.1) is 12.4 Å². The molecule has 0 aliphatic carbocycles. The maximum Gasteiger partial charge on any atom is 0.226 e. The van der Waals surface area contributed by atoms with E-state index in [0.717, 1.165) is 10.9 Å². The van der Waals surface area contributed by atoms with E-state index in [1.54, 1.807) is 4.68 Å². The van der Waals surface area contributed by atoms with Crippen molar-refractivity contribution in [3.63, 3.8) is 0 Å². The molecule has 1 aromatic heterocycles. The molecular weight excluding hydrogens is 188 g/mol. The predicted molar refractivity (Wildman–Crippen MR) is 54.6 cm³/mol. The normalized spacial score (nSPS) is 9.23. The first-order valence-corrected chi connectivity index (χ1v) is 3.68. The zero-order chi connectivity index (χ0) is 8.39. The Hall–Kier alpha value is -1.48. The fourth-order valence-corrected chi connectivity index (χ4v) is 1.25. The molecule has 4 heteroatoms. The summed E-state index contributed by atoms with van der Waals surface area (Å²) in [4.78, 5) is 10.2. The Morgan fingerprint density at radius 1 is 1.23 bits per heavy atom. The summed E-state index contributed by atoms with van der Waals surface area (Å²) >= 11 is 0. The Bertz CT molecular complexity index is 411. The van der Waals surface area contributed by atoms with Crippen LogP contribution in [0.2, 0.25) is 0 Å². The van der Waals surface area contributed by atoms with E-state index in [2.05, 4.69) is 5.43 Å². The van der Waals surface area contributed by atoms with E-state index in [1.807, 2.05) is 36.5 Å². The number of amides is 1. The number of aromatic nitrogens is 1. The highest BCUT2D eigenvalue weighted by atomic mass is 35.5. The molecule has 68 valence electrons. The molecule has 13 heavy (non-hydrogen) atoms. The number of fused-ring (bicyclic) bond motifs is 1. The number of rotatable bonds is 2. The van der Waals surface area contributed by atoms with Crippen LogP contribution >= 0.6 is 12.4 Å². The van der Waals surface area contributed by atoms with Gasteiger partial charge in [0.1, 0.15) is 0 Å². The van der Waals surface area contributed by atoms with Crippen LogP contribution in [0.4, 0.5) is 0 Å². The topological polar surface area (TPSA) is 34.0 Å². The van der Waals surface area contributed by atoms with Gasteiger partial charge in [-0.25, -0.2) is 0 Å². The van der Waals surface area contributed by atoms with Crippen molar-refractivity contribution < 1.29 is 4.79 Å². The van der Waals surface area contributed by atoms with Crippen molar-refractivity contribution in [2.24, 2.45) is 0 Å². The molecule has 0 spiro atoms. The van der Waals surface area contributed by atoms with Crippen LogP contribution in [0.5, 0.6) is 0 Å². The van der Waals surface area contributed by atoms with Crippen molar-refractivity contribution >= 4 is 29.7 Å². The molecule has 1 N–H and O–H groups in total. The number of nitrogens with zero attached hydrogens (tertiary/aromatic N) is 1. The molecule has 2 rings (SSSR count). The van der Waals surface area contributed by atoms with Crippen LogP contribution < -0.4 is 5.43 Å². The van der Waals surface area contributed by atoms with E-state index < -0.39 is 0 Å². The van der Waals surface area contributed by atoms with Crippen LogP contribution in [0.15, 0.2) is 36.5 Å². The van der Waals surface area contributed by atoms with Gasteiger partial charge in [0.15, 0.2) is 0 Å². The molecule has 0 aliphatic rings. The number of carbonyl (C=O) groups excluding carboxylic acids is 1. The van der Waals surface area contributed by atoms with Crippen LogP contribution in [0.25, 0.3) is 10.9 Å². The van der Waals surface area contributed by atoms with Gasteiger partial charge in [0.2, 0.25) is 6.41 Å². The molecule has 0 saturated heterocycles. The maximum atomic E-state index is 10.2. The number of hydrogen-bond acceptors (Lipinski definition) is 1. The van der Waals surface area contributed by atoms with E-state index in [1.165, 1.54) is 0 Å². The predicted octanol–water partition coefficient (Wildman–Crippen LogP) is 1.76. The average molecular weight is 197 g/mol. The molecule has 0 bridgehead atoms. The van der Waals surface area contributed by atoms with E-state index in [-0.39, 0.29) is 12.4 Å². The lowest BCUT2D eigenvalue weighted by molar-refractivity contribution is -0.106. The third kappa shape index (κ3) is 1.65. The largest absolute Gasteiger partial charge is 0.277 e. The highest BCUT2D eigenvalue weighted by Crippen LogP contribution is 2.12. The molecule has 0 radical (unpaired) electrons. The lowest BCUT2D eigenvalue weighted by atomic mass is 10.3. The Balaban J connectivity index is 0.000000845. The number of hydrogen-bond donors (Lipinski definition) is 1. The van der Waals surface area contributed by atoms with Crippen molar-refractivity contribution in [1.29, 1.82) is 0 Å². The first-order chi connectivity index (χ1) is 5.92. The average Bonchev–Trinajstić information content (AvgIpc) is 2.50. The molecule has 1 heterocycles. The van der Waals surface area contributed by atoms with Crippen LogP contribution in [0.3, 0.4) is 0 Å². The fraction of sp³-hybridized carbons (Fsp3) is 0. The van der Waals surface area contributed by atoms with Crippen molar-refractivity contribution in [1.82, 2.24) is 4.68 Å². The Labute approximate surface area is 81.7 Å². The van der Waals surface area contributed by atoms with E-state index in [9.17, 15) is 4.79 Å². The smallest absolute Gasteiger partial charge is 0.226 e. The van der Waals surface area contributed by atoms with Gasteiger partial charge in [-0.1, -0.05) is 18.2 Å². The zero-order valence-corrected chi connectivity index (χ0v) is 7.62. The molecule has 1 amide bonds. The van der Waals surface area contributed by atoms with Crippen molar-refractivity contribution in [3.05, 3.63) is 36.5 Å². The van der Waals surface area contributed by atoms with Gasteiger partial charge in [0, 0.05) is 11.6 Å². The van der Waals surface area contributed by atoms with Crippen molar-refractivity contribution in [3.8, 4) is 0 Å². The van der Waals surface area contributed by atoms with Crippen LogP contribution in [-0.2, 0) is 4.79 Å². The van der Waals surface area contributed by atoms with Gasteiger partial charge in [0.05, 0.1) is 5.52 Å². The summed E-state index contributed by atoms with van der Waals surface area (Å²) < 4.78 is 1.68. The van der Waals surface area contributed by atoms with Crippen LogP contribution in [0.1, 0.15) is 0 Å². The summed E-state index contributed by atoms with van der Waals surface area (Å²) in [7, 11) is 0. The van der Waals surface area contributed by atoms with Gasteiger partial charge in [0.25, 0.3) is 0 Å². The van der Waals surface area contributed by atoms with E-state index in [4.69, 9.17) is 0 Å². The summed E-state index contributed by atoms with van der Waals surface area (Å²) in [6.45, 7) is 0. The first kappa shape index (κ1) is 9.61. The third-order valence-electron chi connectivity index (χ3n) is 1.79. The Kier molecular flexibility index (Phi) is 2.93. The molecule has 1 aromatic carbocycles. The highest BCUT2D eigenvalue weighted by Gasteiger charge is 1.96. The fourth-order valence-electron chi connectivity index (χ4n) is 1.25. The number of halogens is 1. The van der Waals surface area contributed by atoms with Crippen LogP contribution in [-0.4, -0.2) is 11.1 Å². The standard InChI is InChI=1S/C9H8N2O.ClH/c12-7-10-11-6-5-8-3-1-2-4-9(8)11;/h1-7H,(H,10,12);1H. The summed E-state index contributed by atoms with van der Waals surface area (Å²) in [5.74, 6) is 0. The molecule has 3 nitrogen and oxygen atoms in total. The second-order valence-electron chi connectivity index (χ2n) is 2.49. The van der Waals surface area contributed by atoms with Crippen molar-refractivity contribution in [2.75, 3.05) is 5.43 Å². The second-order valence-corrected chi connectivity index (χ2v) is 2.49. The van der Waals surface area contributed by atoms with Gasteiger partial charge >= 0.3 is 0 Å². The molecule has 0 unspecified atom stereocenters. The molecule has 0 aliphatic heterocycles. The number of para-hydroxylation sites is 1. The van der Waals surface area contributed by atoms with Crippen LogP contribution in [0, 0.1) is 0 Å². The monoisotopic (exact) mass is 196 g/mol. The number of benzene rings is 1. The minimum Gasteiger partial charge on any atom is -0.277 e. The lowest BCUT2D eigenvalue weighted by Gasteiger charge is -2.00. The number of nitrogens with one attached hydrogen (secondary N) is 1. The van der Waals surface area contributed by atoms with E-state index in [0.29, 0.717) is 6.41 Å². The van der Waals surface area contributed by atoms with E-state index >= 15 is 0 Å². The minimum absolute atomic E-state index is 0. The van der Waals surface area contributed by atoms with Gasteiger partial charge in [-0.2, -0.15) is 0 Å². The molecule has 2 aromatic rings. The van der Waals surface area contributed by atoms with Gasteiger partial charge in [-0.05, 0) is 12.1 Å². The SMILES string of the molecule is Cl.O=CNn1ccc2ccccc21. The zero-order valence-electron chi connectivity index (χ0n) is 6.81. The third-order valence-corrected chi connectivity index (χ3v) is 1.79. The minimum atomic E-state index is 0. The first-order valence-electron chi connectivity index (χ1n) is 3.68. The van der Waals surface area contributed by atoms with Gasteiger partial charge in [-0.3, -0.25) is 14.9 Å². The summed E-state index contributed by atoms with van der Waals surface area (Å²) in [5.41, 5.74) is 3.57. The highest BCUT2D eigenvalue weighted by molar-refractivity contribution is 5.85. The quantitative estimate of drug-likeness (QED) is 0.730.